The van der Waals surface area contributed by atoms with Crippen LogP contribution in [0.3, 0.4) is 0 Å². The van der Waals surface area contributed by atoms with Crippen LogP contribution in [-0.2, 0) is 4.79 Å². The molecule has 1 N–H and O–H groups in total. The minimum Gasteiger partial charge on any atom is -0.339 e. The fourth-order valence-electron chi connectivity index (χ4n) is 3.38. The van der Waals surface area contributed by atoms with Gasteiger partial charge in [-0.1, -0.05) is 15.9 Å². The van der Waals surface area contributed by atoms with Gasteiger partial charge in [0.2, 0.25) is 5.91 Å². The molecule has 1 aromatic rings. The molecule has 1 aromatic carbocycles. The minimum atomic E-state index is 0.0478. The Labute approximate surface area is 151 Å². The lowest BCUT2D eigenvalue weighted by atomic mass is 10.0. The summed E-state index contributed by atoms with van der Waals surface area (Å²) in [5.74, 6) is 0.929. The van der Waals surface area contributed by atoms with E-state index in [1.165, 1.54) is 6.42 Å². The van der Waals surface area contributed by atoms with Crippen molar-refractivity contribution in [2.75, 3.05) is 39.3 Å². The first-order valence-electron chi connectivity index (χ1n) is 8.67. The van der Waals surface area contributed by atoms with Gasteiger partial charge < -0.3 is 15.1 Å². The first-order valence-corrected chi connectivity index (χ1v) is 9.46. The molecule has 0 radical (unpaired) electrons. The van der Waals surface area contributed by atoms with Crippen molar-refractivity contribution in [3.8, 4) is 0 Å². The zero-order chi connectivity index (χ0) is 16.9. The van der Waals surface area contributed by atoms with E-state index in [4.69, 9.17) is 0 Å². The molecule has 24 heavy (non-hydrogen) atoms. The number of hydrogen-bond donors (Lipinski definition) is 1. The van der Waals surface area contributed by atoms with Crippen LogP contribution in [0, 0.1) is 5.92 Å². The van der Waals surface area contributed by atoms with Crippen LogP contribution in [-0.4, -0.2) is 60.9 Å². The average Bonchev–Trinajstić information content (AvgIpc) is 3.13. The number of rotatable bonds is 4. The smallest absolute Gasteiger partial charge is 0.253 e. The van der Waals surface area contributed by atoms with Gasteiger partial charge in [0.15, 0.2) is 0 Å². The van der Waals surface area contributed by atoms with Crippen molar-refractivity contribution < 1.29 is 9.59 Å². The summed E-state index contributed by atoms with van der Waals surface area (Å²) in [5, 5.41) is 3.34. The van der Waals surface area contributed by atoms with E-state index in [1.807, 2.05) is 34.1 Å². The average molecular weight is 394 g/mol. The van der Waals surface area contributed by atoms with Crippen LogP contribution in [0.2, 0.25) is 0 Å². The van der Waals surface area contributed by atoms with Gasteiger partial charge in [-0.25, -0.2) is 0 Å². The SMILES string of the molecule is O=C(CCC1CCNC1)N1CCN(C(=O)c2ccc(Br)cc2)CC1. The molecule has 1 unspecified atom stereocenters. The second-order valence-electron chi connectivity index (χ2n) is 6.58. The Bertz CT molecular complexity index is 576. The third-order valence-electron chi connectivity index (χ3n) is 4.94. The summed E-state index contributed by atoms with van der Waals surface area (Å²) < 4.78 is 0.965. The maximum atomic E-state index is 12.5. The van der Waals surface area contributed by atoms with Crippen LogP contribution < -0.4 is 5.32 Å². The molecule has 3 rings (SSSR count). The van der Waals surface area contributed by atoms with Crippen molar-refractivity contribution in [3.63, 3.8) is 0 Å². The Morgan fingerprint density at radius 3 is 2.38 bits per heavy atom. The van der Waals surface area contributed by atoms with Gasteiger partial charge in [0.1, 0.15) is 0 Å². The summed E-state index contributed by atoms with van der Waals surface area (Å²) in [5.41, 5.74) is 0.701. The zero-order valence-corrected chi connectivity index (χ0v) is 15.4. The maximum Gasteiger partial charge on any atom is 0.253 e. The van der Waals surface area contributed by atoms with Gasteiger partial charge in [-0.3, -0.25) is 9.59 Å². The molecule has 2 amide bonds. The molecule has 6 heteroatoms. The first-order chi connectivity index (χ1) is 11.6. The second kappa shape index (κ2) is 8.12. The molecule has 0 saturated carbocycles. The number of hydrogen-bond acceptors (Lipinski definition) is 3. The molecular formula is C18H24BrN3O2. The second-order valence-corrected chi connectivity index (χ2v) is 7.49. The van der Waals surface area contributed by atoms with Crippen LogP contribution in [0.15, 0.2) is 28.7 Å². The lowest BCUT2D eigenvalue weighted by Gasteiger charge is -2.35. The number of benzene rings is 1. The lowest BCUT2D eigenvalue weighted by molar-refractivity contribution is -0.132. The van der Waals surface area contributed by atoms with Crippen LogP contribution in [0.4, 0.5) is 0 Å². The van der Waals surface area contributed by atoms with Crippen molar-refractivity contribution in [1.29, 1.82) is 0 Å². The van der Waals surface area contributed by atoms with E-state index in [0.717, 1.165) is 24.0 Å². The number of carbonyl (C=O) groups excluding carboxylic acids is 2. The molecule has 2 saturated heterocycles. The molecule has 0 aromatic heterocycles. The van der Waals surface area contributed by atoms with Crippen LogP contribution >= 0.6 is 15.9 Å². The monoisotopic (exact) mass is 393 g/mol. The van der Waals surface area contributed by atoms with Crippen molar-refractivity contribution in [2.45, 2.75) is 19.3 Å². The normalized spacial score (nSPS) is 21.1. The summed E-state index contributed by atoms with van der Waals surface area (Å²) >= 11 is 3.38. The maximum absolute atomic E-state index is 12.5. The van der Waals surface area contributed by atoms with E-state index >= 15 is 0 Å². The Balaban J connectivity index is 1.45. The number of piperazine rings is 1. The van der Waals surface area contributed by atoms with Gasteiger partial charge in [0, 0.05) is 42.6 Å². The molecule has 1 atom stereocenters. The van der Waals surface area contributed by atoms with Gasteiger partial charge in [-0.15, -0.1) is 0 Å². The fraction of sp³-hybridized carbons (Fsp3) is 0.556. The molecule has 0 bridgehead atoms. The molecule has 2 fully saturated rings. The van der Waals surface area contributed by atoms with E-state index in [1.54, 1.807) is 0 Å². The van der Waals surface area contributed by atoms with Crippen molar-refractivity contribution >= 4 is 27.7 Å². The molecular weight excluding hydrogens is 370 g/mol. The third kappa shape index (κ3) is 4.36. The van der Waals surface area contributed by atoms with Crippen LogP contribution in [0.5, 0.6) is 0 Å². The van der Waals surface area contributed by atoms with E-state index < -0.39 is 0 Å². The highest BCUT2D eigenvalue weighted by atomic mass is 79.9. The van der Waals surface area contributed by atoms with Gasteiger partial charge in [0.25, 0.3) is 5.91 Å². The number of amides is 2. The molecule has 0 spiro atoms. The quantitative estimate of drug-likeness (QED) is 0.852. The van der Waals surface area contributed by atoms with E-state index in [9.17, 15) is 9.59 Å². The fourth-order valence-corrected chi connectivity index (χ4v) is 3.64. The standard InChI is InChI=1S/C18H24BrN3O2/c19-16-4-2-15(3-5-16)18(24)22-11-9-21(10-12-22)17(23)6-1-14-7-8-20-13-14/h2-5,14,20H,1,6-13H2. The number of nitrogens with one attached hydrogen (secondary N) is 1. The van der Waals surface area contributed by atoms with Crippen LogP contribution in [0.1, 0.15) is 29.6 Å². The van der Waals surface area contributed by atoms with Gasteiger partial charge in [-0.2, -0.15) is 0 Å². The predicted molar refractivity (Wildman–Crippen MR) is 96.8 cm³/mol. The summed E-state index contributed by atoms with van der Waals surface area (Å²) in [7, 11) is 0. The topological polar surface area (TPSA) is 52.7 Å². The molecule has 130 valence electrons. The highest BCUT2D eigenvalue weighted by molar-refractivity contribution is 9.10. The van der Waals surface area contributed by atoms with E-state index in [2.05, 4.69) is 21.2 Å². The van der Waals surface area contributed by atoms with Crippen LogP contribution in [0.25, 0.3) is 0 Å². The number of halogens is 1. The van der Waals surface area contributed by atoms with E-state index in [0.29, 0.717) is 44.1 Å². The largest absolute Gasteiger partial charge is 0.339 e. The molecule has 5 nitrogen and oxygen atoms in total. The summed E-state index contributed by atoms with van der Waals surface area (Å²) in [6.45, 7) is 4.64. The summed E-state index contributed by atoms with van der Waals surface area (Å²) in [6.07, 6.45) is 2.79. The molecule has 2 heterocycles. The molecule has 0 aliphatic carbocycles. The van der Waals surface area contributed by atoms with Gasteiger partial charge >= 0.3 is 0 Å². The Morgan fingerprint density at radius 2 is 1.75 bits per heavy atom. The highest BCUT2D eigenvalue weighted by Crippen LogP contribution is 2.17. The minimum absolute atomic E-state index is 0.0478. The van der Waals surface area contributed by atoms with Crippen molar-refractivity contribution in [2.24, 2.45) is 5.92 Å². The zero-order valence-electron chi connectivity index (χ0n) is 13.8. The van der Waals surface area contributed by atoms with Crippen molar-refractivity contribution in [3.05, 3.63) is 34.3 Å². The van der Waals surface area contributed by atoms with E-state index in [-0.39, 0.29) is 11.8 Å². The highest BCUT2D eigenvalue weighted by Gasteiger charge is 2.25. The summed E-state index contributed by atoms with van der Waals surface area (Å²) in [4.78, 5) is 28.6. The first kappa shape index (κ1) is 17.4. The predicted octanol–water partition coefficient (Wildman–Crippen LogP) is 2.12. The number of nitrogens with zero attached hydrogens (tertiary/aromatic N) is 2. The third-order valence-corrected chi connectivity index (χ3v) is 5.47. The summed E-state index contributed by atoms with van der Waals surface area (Å²) in [6, 6.07) is 7.43. The number of carbonyl (C=O) groups is 2. The van der Waals surface area contributed by atoms with Gasteiger partial charge in [-0.05, 0) is 56.1 Å². The Hall–Kier alpha value is -1.40. The van der Waals surface area contributed by atoms with Gasteiger partial charge in [0.05, 0.1) is 0 Å². The Morgan fingerprint density at radius 1 is 1.08 bits per heavy atom. The Kier molecular flexibility index (Phi) is 5.89. The molecule has 2 aliphatic rings. The van der Waals surface area contributed by atoms with Crippen molar-refractivity contribution in [1.82, 2.24) is 15.1 Å². The molecule has 2 aliphatic heterocycles. The lowest BCUT2D eigenvalue weighted by Crippen LogP contribution is -2.50.